The Morgan fingerprint density at radius 3 is 2.11 bits per heavy atom. The Balaban J connectivity index is 0.665. The quantitative estimate of drug-likeness (QED) is 0.197. The van der Waals surface area contributed by atoms with Gasteiger partial charge < -0.3 is 14.7 Å². The van der Waals surface area contributed by atoms with Crippen LogP contribution in [0.3, 0.4) is 0 Å². The average molecular weight is 790 g/mol. The van der Waals surface area contributed by atoms with Crippen molar-refractivity contribution in [2.75, 3.05) is 59.0 Å². The third-order valence-electron chi connectivity index (χ3n) is 17.3. The Kier molecular flexibility index (Phi) is 12.5. The van der Waals surface area contributed by atoms with Crippen LogP contribution in [0.15, 0.2) is 11.1 Å². The number of hydrogen-bond donors (Lipinski definition) is 2. The lowest BCUT2D eigenvalue weighted by Gasteiger charge is -2.62. The number of likely N-dealkylation sites (tertiary alicyclic amines) is 2. The van der Waals surface area contributed by atoms with Gasteiger partial charge in [-0.05, 0) is 138 Å². The zero-order valence-corrected chi connectivity index (χ0v) is 35.4. The first-order valence-electron chi connectivity index (χ1n) is 24.1. The first kappa shape index (κ1) is 40.6. The number of nitrogens with one attached hydrogen (secondary N) is 1. The van der Waals surface area contributed by atoms with Crippen LogP contribution >= 0.6 is 0 Å². The summed E-state index contributed by atoms with van der Waals surface area (Å²) in [4.78, 5) is 47.4. The Morgan fingerprint density at radius 1 is 0.772 bits per heavy atom. The largest absolute Gasteiger partial charge is 0.393 e. The second kappa shape index (κ2) is 17.6. The fraction of sp³-hybridized carbons (Fsp3) is 0.894. The summed E-state index contributed by atoms with van der Waals surface area (Å²) in [6, 6.07) is 0.819. The first-order chi connectivity index (χ1) is 27.8. The molecule has 1 spiro atoms. The number of carbonyl (C=O) groups excluding carboxylic acids is 3. The lowest BCUT2D eigenvalue weighted by Crippen LogP contribution is -2.68. The van der Waals surface area contributed by atoms with E-state index in [1.807, 2.05) is 16.0 Å². The monoisotopic (exact) mass is 790 g/mol. The van der Waals surface area contributed by atoms with E-state index in [1.54, 1.807) is 0 Å². The first-order valence-corrected chi connectivity index (χ1v) is 24.1. The van der Waals surface area contributed by atoms with E-state index < -0.39 is 6.04 Å². The highest BCUT2D eigenvalue weighted by Gasteiger charge is 2.54. The maximum Gasteiger partial charge on any atom is 0.249 e. The smallest absolute Gasteiger partial charge is 0.249 e. The summed E-state index contributed by atoms with van der Waals surface area (Å²) in [7, 11) is 0. The van der Waals surface area contributed by atoms with Gasteiger partial charge in [0, 0.05) is 76.8 Å². The molecule has 0 aromatic carbocycles. The summed E-state index contributed by atoms with van der Waals surface area (Å²) >= 11 is 0. The molecule has 4 atom stereocenters. The number of rotatable bonds is 11. The number of aliphatic hydroxyl groups is 1. The molecule has 318 valence electrons. The molecule has 4 heterocycles. The fourth-order valence-corrected chi connectivity index (χ4v) is 14.2. The molecule has 0 aromatic heterocycles. The number of amides is 3. The van der Waals surface area contributed by atoms with Gasteiger partial charge in [0.15, 0.2) is 0 Å². The van der Waals surface area contributed by atoms with Crippen LogP contribution in [-0.2, 0) is 19.1 Å². The maximum atomic E-state index is 13.3. The molecule has 4 saturated heterocycles. The maximum absolute atomic E-state index is 13.3. The number of imide groups is 1. The van der Waals surface area contributed by atoms with Gasteiger partial charge in [-0.1, -0.05) is 37.3 Å². The highest BCUT2D eigenvalue weighted by Crippen LogP contribution is 2.51. The minimum absolute atomic E-state index is 0.0528. The SMILES string of the molecule is CC/C(=C(\C1CCC(O)CC1)C1CCC(OCCN2CC3(CC(N4CCN(C5CCC6C(=O)N(C7CCC(=O)NC7=O)CC6C5)CC4)C3)C2)CC1)C1CCCCC1. The molecular formula is C47H75N5O5. The molecule has 0 aromatic rings. The molecule has 57 heavy (non-hydrogen) atoms. The molecule has 10 nitrogen and oxygen atoms in total. The number of hydrogen-bond acceptors (Lipinski definition) is 8. The summed E-state index contributed by atoms with van der Waals surface area (Å²) in [5.74, 6) is 2.29. The number of fused-ring (bicyclic) bond motifs is 1. The van der Waals surface area contributed by atoms with Crippen molar-refractivity contribution < 1.29 is 24.2 Å². The number of piperazine rings is 1. The summed E-state index contributed by atoms with van der Waals surface area (Å²) in [6.07, 6.45) is 24.6. The van der Waals surface area contributed by atoms with Crippen LogP contribution in [0.1, 0.15) is 142 Å². The summed E-state index contributed by atoms with van der Waals surface area (Å²) in [5, 5.41) is 12.8. The zero-order valence-electron chi connectivity index (χ0n) is 35.4. The lowest BCUT2D eigenvalue weighted by molar-refractivity contribution is -0.144. The van der Waals surface area contributed by atoms with Crippen molar-refractivity contribution >= 4 is 17.7 Å². The summed E-state index contributed by atoms with van der Waals surface area (Å²) in [5.41, 5.74) is 4.26. The van der Waals surface area contributed by atoms with Crippen molar-refractivity contribution in [2.24, 2.45) is 35.0 Å². The van der Waals surface area contributed by atoms with Crippen molar-refractivity contribution in [1.82, 2.24) is 24.9 Å². The minimum atomic E-state index is -0.467. The molecule has 2 N–H and O–H groups in total. The minimum Gasteiger partial charge on any atom is -0.393 e. The van der Waals surface area contributed by atoms with Gasteiger partial charge >= 0.3 is 0 Å². The number of nitrogens with zero attached hydrogens (tertiary/aromatic N) is 4. The third kappa shape index (κ3) is 8.69. The topological polar surface area (TPSA) is 106 Å². The molecule has 5 aliphatic carbocycles. The molecule has 9 fully saturated rings. The van der Waals surface area contributed by atoms with E-state index in [2.05, 4.69) is 26.9 Å². The van der Waals surface area contributed by atoms with E-state index in [0.29, 0.717) is 48.8 Å². The van der Waals surface area contributed by atoms with Crippen LogP contribution in [0.25, 0.3) is 0 Å². The Morgan fingerprint density at radius 2 is 1.44 bits per heavy atom. The molecule has 9 rings (SSSR count). The fourth-order valence-electron chi connectivity index (χ4n) is 14.2. The second-order valence-corrected chi connectivity index (χ2v) is 20.7. The van der Waals surface area contributed by atoms with Crippen molar-refractivity contribution in [3.63, 3.8) is 0 Å². The second-order valence-electron chi connectivity index (χ2n) is 20.7. The summed E-state index contributed by atoms with van der Waals surface area (Å²) < 4.78 is 6.60. The van der Waals surface area contributed by atoms with Gasteiger partial charge in [0.25, 0.3) is 0 Å². The average Bonchev–Trinajstić information content (AvgIpc) is 3.53. The van der Waals surface area contributed by atoms with Gasteiger partial charge in [0.2, 0.25) is 17.7 Å². The summed E-state index contributed by atoms with van der Waals surface area (Å²) in [6.45, 7) is 12.2. The van der Waals surface area contributed by atoms with Crippen LogP contribution in [0.5, 0.6) is 0 Å². The highest BCUT2D eigenvalue weighted by atomic mass is 16.5. The molecule has 3 amide bonds. The highest BCUT2D eigenvalue weighted by molar-refractivity contribution is 6.02. The van der Waals surface area contributed by atoms with Crippen LogP contribution in [-0.4, -0.2) is 132 Å². The van der Waals surface area contributed by atoms with E-state index in [1.165, 1.54) is 103 Å². The van der Waals surface area contributed by atoms with Gasteiger partial charge in [-0.25, -0.2) is 0 Å². The Bertz CT molecular complexity index is 1460. The molecule has 9 aliphatic rings. The van der Waals surface area contributed by atoms with Gasteiger partial charge in [0.1, 0.15) is 6.04 Å². The van der Waals surface area contributed by atoms with Crippen molar-refractivity contribution in [3.8, 4) is 0 Å². The molecule has 4 aliphatic heterocycles. The molecule has 5 saturated carbocycles. The van der Waals surface area contributed by atoms with Crippen LogP contribution in [0.2, 0.25) is 0 Å². The molecular weight excluding hydrogens is 715 g/mol. The van der Waals surface area contributed by atoms with E-state index in [-0.39, 0.29) is 29.7 Å². The molecule has 10 heteroatoms. The third-order valence-corrected chi connectivity index (χ3v) is 17.3. The van der Waals surface area contributed by atoms with Gasteiger partial charge in [-0.2, -0.15) is 0 Å². The van der Waals surface area contributed by atoms with Crippen LogP contribution in [0.4, 0.5) is 0 Å². The van der Waals surface area contributed by atoms with Gasteiger partial charge in [-0.15, -0.1) is 0 Å². The zero-order chi connectivity index (χ0) is 39.1. The van der Waals surface area contributed by atoms with Crippen molar-refractivity contribution in [1.29, 1.82) is 0 Å². The van der Waals surface area contributed by atoms with E-state index in [0.717, 1.165) is 89.3 Å². The number of ether oxygens (including phenoxy) is 1. The van der Waals surface area contributed by atoms with Gasteiger partial charge in [-0.3, -0.25) is 34.4 Å². The normalized spacial score (nSPS) is 38.1. The number of aliphatic hydroxyl groups excluding tert-OH is 1. The van der Waals surface area contributed by atoms with E-state index >= 15 is 0 Å². The number of carbonyl (C=O) groups is 3. The van der Waals surface area contributed by atoms with E-state index in [4.69, 9.17) is 4.74 Å². The predicted octanol–water partition coefficient (Wildman–Crippen LogP) is 5.91. The van der Waals surface area contributed by atoms with E-state index in [9.17, 15) is 19.5 Å². The molecule has 4 unspecified atom stereocenters. The number of allylic oxidation sites excluding steroid dienone is 2. The van der Waals surface area contributed by atoms with Gasteiger partial charge in [0.05, 0.1) is 18.8 Å². The Hall–Kier alpha value is -1.85. The van der Waals surface area contributed by atoms with Crippen LogP contribution < -0.4 is 5.32 Å². The number of piperidine rings is 1. The standard InChI is InChI=1S/C47H75N5O5/c1-2-40(32-6-4-3-5-7-32)44(33-8-13-38(53)14-9-33)34-10-15-39(16-11-34)57-25-24-49-30-47(31-49)27-37(28-47)51-22-20-50(21-23-51)36-12-17-41-35(26-36)29-52(46(41)56)42-18-19-43(54)48-45(42)55/h32-39,41-42,53H,2-31H2,1H3,(H,48,54,55)/b44-40-. The van der Waals surface area contributed by atoms with Crippen LogP contribution in [0, 0.1) is 35.0 Å². The van der Waals surface area contributed by atoms with Crippen molar-refractivity contribution in [3.05, 3.63) is 11.1 Å². The Labute approximate surface area is 343 Å². The lowest BCUT2D eigenvalue weighted by atomic mass is 9.60. The van der Waals surface area contributed by atoms with Crippen molar-refractivity contribution in [2.45, 2.75) is 172 Å². The molecule has 0 bridgehead atoms. The predicted molar refractivity (Wildman–Crippen MR) is 221 cm³/mol. The molecule has 0 radical (unpaired) electrons.